The molecule has 3 nitrogen and oxygen atoms in total. The summed E-state index contributed by atoms with van der Waals surface area (Å²) in [7, 11) is 0. The summed E-state index contributed by atoms with van der Waals surface area (Å²) in [5.74, 6) is 0.219. The van der Waals surface area contributed by atoms with Crippen molar-refractivity contribution in [1.29, 1.82) is 0 Å². The van der Waals surface area contributed by atoms with Crippen LogP contribution in [0.4, 0.5) is 0 Å². The van der Waals surface area contributed by atoms with Crippen molar-refractivity contribution in [2.75, 3.05) is 0 Å². The first-order chi connectivity index (χ1) is 8.95. The maximum absolute atomic E-state index is 9.48. The normalized spacial score (nSPS) is 11.3. The fourth-order valence-corrected chi connectivity index (χ4v) is 2.83. The molecule has 19 heavy (non-hydrogen) atoms. The molecule has 0 bridgehead atoms. The minimum Gasteiger partial charge on any atom is -0.391 e. The largest absolute Gasteiger partial charge is 0.391 e. The number of rotatable bonds is 3. The van der Waals surface area contributed by atoms with Crippen molar-refractivity contribution in [1.82, 2.24) is 9.78 Å². The average molecular weight is 344 g/mol. The third kappa shape index (κ3) is 2.71. The van der Waals surface area contributed by atoms with Crippen LogP contribution in [0.3, 0.4) is 0 Å². The van der Waals surface area contributed by atoms with Crippen molar-refractivity contribution >= 4 is 27.5 Å². The van der Waals surface area contributed by atoms with Crippen LogP contribution in [0.25, 0.3) is 5.69 Å². The second-order valence-corrected chi connectivity index (χ2v) is 6.08. The lowest BCUT2D eigenvalue weighted by Gasteiger charge is -2.07. The molecule has 1 heterocycles. The Morgan fingerprint density at radius 1 is 1.42 bits per heavy atom. The van der Waals surface area contributed by atoms with Gasteiger partial charge in [0, 0.05) is 10.0 Å². The zero-order valence-corrected chi connectivity index (χ0v) is 13.5. The van der Waals surface area contributed by atoms with Gasteiger partial charge in [-0.15, -0.1) is 0 Å². The Labute approximate surface area is 126 Å². The molecule has 0 fully saturated rings. The van der Waals surface area contributed by atoms with E-state index >= 15 is 0 Å². The summed E-state index contributed by atoms with van der Waals surface area (Å²) in [6.07, 6.45) is 0. The third-order valence-corrected chi connectivity index (χ3v) is 3.93. The van der Waals surface area contributed by atoms with Gasteiger partial charge in [0.2, 0.25) is 0 Å². The first-order valence-electron chi connectivity index (χ1n) is 6.10. The molecule has 0 saturated carbocycles. The predicted molar refractivity (Wildman–Crippen MR) is 81.0 cm³/mol. The standard InChI is InChI=1S/C14H16BrClN2O/c1-8(2)13-11(7-19)14(16)18(17-13)12-5-4-10(15)6-9(12)3/h4-6,8,19H,7H2,1-3H3. The van der Waals surface area contributed by atoms with Crippen molar-refractivity contribution in [2.45, 2.75) is 33.3 Å². The molecule has 5 heteroatoms. The SMILES string of the molecule is Cc1cc(Br)ccc1-n1nc(C(C)C)c(CO)c1Cl. The zero-order valence-electron chi connectivity index (χ0n) is 11.1. The summed E-state index contributed by atoms with van der Waals surface area (Å²) in [5, 5.41) is 14.5. The molecule has 102 valence electrons. The van der Waals surface area contributed by atoms with E-state index in [9.17, 15) is 5.11 Å². The van der Waals surface area contributed by atoms with Crippen LogP contribution in [0, 0.1) is 6.92 Å². The zero-order chi connectivity index (χ0) is 14.2. The number of halogens is 2. The number of hydrogen-bond donors (Lipinski definition) is 1. The van der Waals surface area contributed by atoms with Gasteiger partial charge in [0.05, 0.1) is 18.0 Å². The maximum Gasteiger partial charge on any atom is 0.138 e. The highest BCUT2D eigenvalue weighted by Crippen LogP contribution is 2.30. The van der Waals surface area contributed by atoms with Crippen LogP contribution in [0.5, 0.6) is 0 Å². The number of benzene rings is 1. The van der Waals surface area contributed by atoms with Crippen molar-refractivity contribution in [3.8, 4) is 5.69 Å². The number of nitrogens with zero attached hydrogens (tertiary/aromatic N) is 2. The molecule has 1 aromatic carbocycles. The second kappa shape index (κ2) is 5.65. The van der Waals surface area contributed by atoms with Crippen molar-refractivity contribution in [3.05, 3.63) is 44.6 Å². The minimum absolute atomic E-state index is 0.0953. The van der Waals surface area contributed by atoms with Crippen LogP contribution in [0.1, 0.15) is 36.6 Å². The summed E-state index contributed by atoms with van der Waals surface area (Å²) in [6.45, 7) is 5.99. The molecule has 0 aliphatic heterocycles. The van der Waals surface area contributed by atoms with E-state index in [1.54, 1.807) is 4.68 Å². The Balaban J connectivity index is 2.63. The second-order valence-electron chi connectivity index (χ2n) is 4.81. The van der Waals surface area contributed by atoms with Gasteiger partial charge < -0.3 is 5.11 Å². The number of aliphatic hydroxyl groups excluding tert-OH is 1. The highest BCUT2D eigenvalue weighted by molar-refractivity contribution is 9.10. The van der Waals surface area contributed by atoms with Gasteiger partial charge in [-0.25, -0.2) is 4.68 Å². The lowest BCUT2D eigenvalue weighted by molar-refractivity contribution is 0.280. The van der Waals surface area contributed by atoms with Gasteiger partial charge in [-0.05, 0) is 36.6 Å². The van der Waals surface area contributed by atoms with Gasteiger partial charge in [-0.3, -0.25) is 0 Å². The number of aliphatic hydroxyl groups is 1. The first kappa shape index (κ1) is 14.6. The van der Waals surface area contributed by atoms with Gasteiger partial charge in [-0.1, -0.05) is 41.4 Å². The summed E-state index contributed by atoms with van der Waals surface area (Å²) in [5.41, 5.74) is 3.54. The van der Waals surface area contributed by atoms with E-state index in [4.69, 9.17) is 11.6 Å². The molecule has 0 unspecified atom stereocenters. The van der Waals surface area contributed by atoms with Crippen LogP contribution < -0.4 is 0 Å². The van der Waals surface area contributed by atoms with Gasteiger partial charge in [0.15, 0.2) is 0 Å². The van der Waals surface area contributed by atoms with Gasteiger partial charge >= 0.3 is 0 Å². The average Bonchev–Trinajstić information content (AvgIpc) is 2.66. The highest BCUT2D eigenvalue weighted by Gasteiger charge is 2.19. The summed E-state index contributed by atoms with van der Waals surface area (Å²) in [4.78, 5) is 0. The summed E-state index contributed by atoms with van der Waals surface area (Å²) >= 11 is 9.79. The Hall–Kier alpha value is -0.840. The Morgan fingerprint density at radius 2 is 2.11 bits per heavy atom. The number of hydrogen-bond acceptors (Lipinski definition) is 2. The fraction of sp³-hybridized carbons (Fsp3) is 0.357. The molecule has 0 aliphatic rings. The molecular formula is C14H16BrClN2O. The molecule has 0 aliphatic carbocycles. The van der Waals surface area contributed by atoms with E-state index in [2.05, 4.69) is 21.0 Å². The Kier molecular flexibility index (Phi) is 4.33. The van der Waals surface area contributed by atoms with Crippen molar-refractivity contribution in [3.63, 3.8) is 0 Å². The monoisotopic (exact) mass is 342 g/mol. The summed E-state index contributed by atoms with van der Waals surface area (Å²) in [6, 6.07) is 5.93. The molecule has 2 aromatic rings. The molecule has 0 spiro atoms. The van der Waals surface area contributed by atoms with Crippen LogP contribution in [0.15, 0.2) is 22.7 Å². The molecule has 1 N–H and O–H groups in total. The van der Waals surface area contributed by atoms with E-state index in [0.29, 0.717) is 10.7 Å². The van der Waals surface area contributed by atoms with E-state index in [-0.39, 0.29) is 12.5 Å². The topological polar surface area (TPSA) is 38.0 Å². The predicted octanol–water partition coefficient (Wildman–Crippen LogP) is 4.21. The fourth-order valence-electron chi connectivity index (χ4n) is 2.07. The molecule has 0 radical (unpaired) electrons. The number of aryl methyl sites for hydroxylation is 1. The lowest BCUT2D eigenvalue weighted by Crippen LogP contribution is -2.00. The molecule has 0 amide bonds. The van der Waals surface area contributed by atoms with Crippen LogP contribution in [-0.2, 0) is 6.61 Å². The van der Waals surface area contributed by atoms with Gasteiger partial charge in [0.25, 0.3) is 0 Å². The quantitative estimate of drug-likeness (QED) is 0.906. The Morgan fingerprint density at radius 3 is 2.58 bits per heavy atom. The molecule has 2 rings (SSSR count). The van der Waals surface area contributed by atoms with E-state index in [1.165, 1.54) is 0 Å². The molecule has 0 saturated heterocycles. The van der Waals surface area contributed by atoms with Crippen LogP contribution in [-0.4, -0.2) is 14.9 Å². The maximum atomic E-state index is 9.48. The molecule has 0 atom stereocenters. The smallest absolute Gasteiger partial charge is 0.138 e. The van der Waals surface area contributed by atoms with Crippen molar-refractivity contribution < 1.29 is 5.11 Å². The number of aromatic nitrogens is 2. The lowest BCUT2D eigenvalue weighted by atomic mass is 10.1. The van der Waals surface area contributed by atoms with Gasteiger partial charge in [-0.2, -0.15) is 5.10 Å². The third-order valence-electron chi connectivity index (χ3n) is 3.04. The van der Waals surface area contributed by atoms with Crippen molar-refractivity contribution in [2.24, 2.45) is 0 Å². The Bertz CT molecular complexity index is 608. The first-order valence-corrected chi connectivity index (χ1v) is 7.27. The van der Waals surface area contributed by atoms with E-state index in [0.717, 1.165) is 21.4 Å². The van der Waals surface area contributed by atoms with E-state index in [1.807, 2.05) is 39.0 Å². The van der Waals surface area contributed by atoms with E-state index < -0.39 is 0 Å². The van der Waals surface area contributed by atoms with Crippen LogP contribution in [0.2, 0.25) is 5.15 Å². The molecule has 1 aromatic heterocycles. The highest BCUT2D eigenvalue weighted by atomic mass is 79.9. The van der Waals surface area contributed by atoms with Crippen LogP contribution >= 0.6 is 27.5 Å². The van der Waals surface area contributed by atoms with Gasteiger partial charge in [0.1, 0.15) is 5.15 Å². The summed E-state index contributed by atoms with van der Waals surface area (Å²) < 4.78 is 2.72. The molecular weight excluding hydrogens is 328 g/mol. The minimum atomic E-state index is -0.0953.